The molecule has 0 aliphatic heterocycles. The molecule has 2 aromatic rings. The van der Waals surface area contributed by atoms with Crippen molar-refractivity contribution in [1.82, 2.24) is 4.98 Å². The van der Waals surface area contributed by atoms with E-state index >= 15 is 0 Å². The van der Waals surface area contributed by atoms with Crippen LogP contribution in [0.3, 0.4) is 0 Å². The maximum absolute atomic E-state index is 5.65. The summed E-state index contributed by atoms with van der Waals surface area (Å²) in [5.74, 6) is 0. The molecule has 5 heteroatoms. The number of methoxy groups -OCH3 is 1. The topological polar surface area (TPSA) is 51.4 Å². The van der Waals surface area contributed by atoms with E-state index in [2.05, 4.69) is 22.0 Å². The number of thiocarbonyl (C=S) groups is 1. The Bertz CT molecular complexity index is 630. The van der Waals surface area contributed by atoms with E-state index in [-0.39, 0.29) is 0 Å². The molecular formula is C16H21N3OS. The van der Waals surface area contributed by atoms with Crippen LogP contribution in [0.5, 0.6) is 0 Å². The second-order valence-electron chi connectivity index (χ2n) is 5.00. The van der Waals surface area contributed by atoms with Gasteiger partial charge in [0.25, 0.3) is 0 Å². The molecular weight excluding hydrogens is 282 g/mol. The first-order valence-electron chi connectivity index (χ1n) is 7.00. The summed E-state index contributed by atoms with van der Waals surface area (Å²) in [6.07, 6.45) is 0.689. The molecule has 0 saturated carbocycles. The number of ether oxygens (including phenoxy) is 1. The van der Waals surface area contributed by atoms with Crippen molar-refractivity contribution >= 4 is 33.8 Å². The minimum absolute atomic E-state index is 0.535. The van der Waals surface area contributed by atoms with Crippen LogP contribution in [0.4, 0.5) is 5.69 Å². The zero-order valence-corrected chi connectivity index (χ0v) is 13.3. The average molecular weight is 303 g/mol. The molecule has 0 radical (unpaired) electrons. The van der Waals surface area contributed by atoms with Crippen LogP contribution in [-0.4, -0.2) is 36.8 Å². The maximum atomic E-state index is 5.65. The number of pyridine rings is 1. The Kier molecular flexibility index (Phi) is 5.47. The Hall–Kier alpha value is -1.72. The number of nitrogens with zero attached hydrogens (tertiary/aromatic N) is 2. The number of hydrogen-bond acceptors (Lipinski definition) is 4. The molecule has 0 aliphatic carbocycles. The van der Waals surface area contributed by atoms with E-state index in [0.717, 1.165) is 35.4 Å². The third-order valence-electron chi connectivity index (χ3n) is 3.36. The van der Waals surface area contributed by atoms with E-state index in [1.165, 1.54) is 0 Å². The number of fused-ring (bicyclic) bond motifs is 1. The summed E-state index contributed by atoms with van der Waals surface area (Å²) in [6, 6.07) is 10.3. The number of aryl methyl sites for hydroxylation is 1. The summed E-state index contributed by atoms with van der Waals surface area (Å²) in [7, 11) is 1.71. The second-order valence-corrected chi connectivity index (χ2v) is 5.52. The first kappa shape index (κ1) is 15.7. The number of nitrogens with two attached hydrogens (primary N) is 1. The van der Waals surface area contributed by atoms with Gasteiger partial charge in [0.2, 0.25) is 0 Å². The highest BCUT2D eigenvalue weighted by molar-refractivity contribution is 7.80. The van der Waals surface area contributed by atoms with Crippen LogP contribution in [0.1, 0.15) is 12.1 Å². The van der Waals surface area contributed by atoms with E-state index in [1.807, 2.05) is 25.1 Å². The van der Waals surface area contributed by atoms with E-state index in [9.17, 15) is 0 Å². The molecule has 2 rings (SSSR count). The molecule has 0 spiro atoms. The molecule has 21 heavy (non-hydrogen) atoms. The van der Waals surface area contributed by atoms with Crippen molar-refractivity contribution in [1.29, 1.82) is 0 Å². The van der Waals surface area contributed by atoms with Gasteiger partial charge in [-0.2, -0.15) is 0 Å². The highest BCUT2D eigenvalue weighted by Crippen LogP contribution is 2.26. The Morgan fingerprint density at radius 3 is 2.81 bits per heavy atom. The lowest BCUT2D eigenvalue weighted by molar-refractivity contribution is 0.205. The van der Waals surface area contributed by atoms with E-state index < -0.39 is 0 Å². The van der Waals surface area contributed by atoms with Crippen molar-refractivity contribution in [2.75, 3.05) is 31.7 Å². The van der Waals surface area contributed by atoms with Gasteiger partial charge in [0.1, 0.15) is 0 Å². The SMILES string of the molecule is COCCN(CCC(N)=S)c1cc(C)nc2ccccc12. The summed E-state index contributed by atoms with van der Waals surface area (Å²) in [4.78, 5) is 7.38. The van der Waals surface area contributed by atoms with Crippen LogP contribution < -0.4 is 10.6 Å². The van der Waals surface area contributed by atoms with Crippen molar-refractivity contribution in [3.05, 3.63) is 36.0 Å². The Labute approximate surface area is 130 Å². The number of benzene rings is 1. The molecule has 0 atom stereocenters. The van der Waals surface area contributed by atoms with Crippen LogP contribution in [0.25, 0.3) is 10.9 Å². The number of rotatable bonds is 7. The fraction of sp³-hybridized carbons (Fsp3) is 0.375. The molecule has 4 nitrogen and oxygen atoms in total. The van der Waals surface area contributed by atoms with Gasteiger partial charge in [-0.1, -0.05) is 30.4 Å². The quantitative estimate of drug-likeness (QED) is 0.797. The van der Waals surface area contributed by atoms with Crippen LogP contribution in [0, 0.1) is 6.92 Å². The minimum Gasteiger partial charge on any atom is -0.393 e. The number of anilines is 1. The predicted molar refractivity (Wildman–Crippen MR) is 92.0 cm³/mol. The second kappa shape index (κ2) is 7.33. The third-order valence-corrected chi connectivity index (χ3v) is 3.56. The lowest BCUT2D eigenvalue weighted by Crippen LogP contribution is -2.31. The highest BCUT2D eigenvalue weighted by atomic mass is 32.1. The lowest BCUT2D eigenvalue weighted by atomic mass is 10.1. The van der Waals surface area contributed by atoms with Crippen LogP contribution >= 0.6 is 12.2 Å². The molecule has 1 aromatic carbocycles. The summed E-state index contributed by atoms with van der Waals surface area (Å²) in [6.45, 7) is 4.25. The van der Waals surface area contributed by atoms with Crippen molar-refractivity contribution < 1.29 is 4.74 Å². The largest absolute Gasteiger partial charge is 0.393 e. The van der Waals surface area contributed by atoms with Crippen LogP contribution in [0.2, 0.25) is 0 Å². The first-order chi connectivity index (χ1) is 10.1. The molecule has 2 N–H and O–H groups in total. The summed E-state index contributed by atoms with van der Waals surface area (Å²) in [5.41, 5.74) is 8.82. The fourth-order valence-electron chi connectivity index (χ4n) is 2.35. The highest BCUT2D eigenvalue weighted by Gasteiger charge is 2.12. The zero-order chi connectivity index (χ0) is 15.2. The number of para-hydroxylation sites is 1. The Morgan fingerprint density at radius 1 is 1.33 bits per heavy atom. The van der Waals surface area contributed by atoms with Crippen LogP contribution in [0.15, 0.2) is 30.3 Å². The molecule has 0 amide bonds. The first-order valence-corrected chi connectivity index (χ1v) is 7.41. The van der Waals surface area contributed by atoms with Gasteiger partial charge in [-0.15, -0.1) is 0 Å². The molecule has 0 aliphatic rings. The van der Waals surface area contributed by atoms with Gasteiger partial charge in [-0.05, 0) is 19.1 Å². The Morgan fingerprint density at radius 2 is 2.10 bits per heavy atom. The van der Waals surface area contributed by atoms with Gasteiger partial charge in [0.15, 0.2) is 0 Å². The predicted octanol–water partition coefficient (Wildman–Crippen LogP) is 2.67. The third kappa shape index (κ3) is 4.12. The van der Waals surface area contributed by atoms with Gasteiger partial charge in [-0.25, -0.2) is 0 Å². The van der Waals surface area contributed by atoms with Gasteiger partial charge in [0, 0.05) is 43.4 Å². The fourth-order valence-corrected chi connectivity index (χ4v) is 2.44. The van der Waals surface area contributed by atoms with Crippen LogP contribution in [-0.2, 0) is 4.74 Å². The zero-order valence-electron chi connectivity index (χ0n) is 12.5. The van der Waals surface area contributed by atoms with Crippen molar-refractivity contribution in [3.63, 3.8) is 0 Å². The van der Waals surface area contributed by atoms with E-state index in [1.54, 1.807) is 7.11 Å². The molecule has 0 bridgehead atoms. The molecule has 112 valence electrons. The molecule has 0 unspecified atom stereocenters. The Balaban J connectivity index is 2.39. The number of hydrogen-bond donors (Lipinski definition) is 1. The summed E-state index contributed by atoms with van der Waals surface area (Å²) >= 11 is 5.01. The average Bonchev–Trinajstić information content (AvgIpc) is 2.46. The standard InChI is InChI=1S/C16H21N3OS/c1-12-11-15(13-5-3-4-6-14(13)18-12)19(9-10-20-2)8-7-16(17)21/h3-6,11H,7-10H2,1-2H3,(H2,17,21). The summed E-state index contributed by atoms with van der Waals surface area (Å²) in [5, 5.41) is 1.14. The maximum Gasteiger partial charge on any atom is 0.0745 e. The van der Waals surface area contributed by atoms with Gasteiger partial charge >= 0.3 is 0 Å². The molecule has 0 saturated heterocycles. The van der Waals surface area contributed by atoms with Gasteiger partial charge in [0.05, 0.1) is 17.1 Å². The van der Waals surface area contributed by atoms with Crippen molar-refractivity contribution in [3.8, 4) is 0 Å². The molecule has 1 aromatic heterocycles. The normalized spacial score (nSPS) is 10.8. The smallest absolute Gasteiger partial charge is 0.0745 e. The summed E-state index contributed by atoms with van der Waals surface area (Å²) < 4.78 is 5.22. The monoisotopic (exact) mass is 303 g/mol. The van der Waals surface area contributed by atoms with E-state index in [0.29, 0.717) is 18.0 Å². The minimum atomic E-state index is 0.535. The van der Waals surface area contributed by atoms with Crippen molar-refractivity contribution in [2.45, 2.75) is 13.3 Å². The molecule has 0 fully saturated rings. The number of aromatic nitrogens is 1. The van der Waals surface area contributed by atoms with Crippen molar-refractivity contribution in [2.24, 2.45) is 5.73 Å². The van der Waals surface area contributed by atoms with Gasteiger partial charge in [-0.3, -0.25) is 4.98 Å². The molecule has 1 heterocycles. The lowest BCUT2D eigenvalue weighted by Gasteiger charge is -2.26. The van der Waals surface area contributed by atoms with E-state index in [4.69, 9.17) is 22.7 Å². The van der Waals surface area contributed by atoms with Gasteiger partial charge < -0.3 is 15.4 Å².